The van der Waals surface area contributed by atoms with Gasteiger partial charge in [-0.2, -0.15) is 0 Å². The van der Waals surface area contributed by atoms with Gasteiger partial charge in [0.2, 0.25) is 0 Å². The molecule has 0 spiro atoms. The summed E-state index contributed by atoms with van der Waals surface area (Å²) in [5.41, 5.74) is 0. The highest BCUT2D eigenvalue weighted by molar-refractivity contribution is 6.18. The van der Waals surface area contributed by atoms with Gasteiger partial charge in [-0.1, -0.05) is 27.7 Å². The highest BCUT2D eigenvalue weighted by atomic mass is 35.5. The molecule has 1 N–H and O–H groups in total. The van der Waals surface area contributed by atoms with Crippen LogP contribution in [0.3, 0.4) is 0 Å². The second kappa shape index (κ2) is 11.7. The largest absolute Gasteiger partial charge is 0.464 e. The number of hydrogen-bond acceptors (Lipinski definition) is 4. The fourth-order valence-electron chi connectivity index (χ4n) is 1.77. The van der Waals surface area contributed by atoms with E-state index in [4.69, 9.17) is 21.1 Å². The second-order valence-corrected chi connectivity index (χ2v) is 6.23. The number of halogens is 1. The van der Waals surface area contributed by atoms with Crippen molar-refractivity contribution in [2.75, 3.05) is 19.1 Å². The summed E-state index contributed by atoms with van der Waals surface area (Å²) in [5, 5.41) is 2.54. The number of hydrogen-bond donors (Lipinski definition) is 1. The molecule has 0 bridgehead atoms. The van der Waals surface area contributed by atoms with Crippen LogP contribution >= 0.6 is 11.6 Å². The Hall–Kier alpha value is -0.970. The van der Waals surface area contributed by atoms with E-state index in [0.29, 0.717) is 18.9 Å². The predicted molar refractivity (Wildman–Crippen MR) is 83.5 cm³/mol. The molecule has 6 heteroatoms. The van der Waals surface area contributed by atoms with E-state index in [1.807, 2.05) is 13.8 Å². The Kier molecular flexibility index (Phi) is 11.1. The molecule has 0 aliphatic carbocycles. The van der Waals surface area contributed by atoms with Gasteiger partial charge in [0.1, 0.15) is 12.6 Å². The van der Waals surface area contributed by atoms with E-state index in [-0.39, 0.29) is 18.4 Å². The minimum Gasteiger partial charge on any atom is -0.464 e. The van der Waals surface area contributed by atoms with Crippen molar-refractivity contribution in [2.45, 2.75) is 53.0 Å². The van der Waals surface area contributed by atoms with Gasteiger partial charge in [0, 0.05) is 0 Å². The fourth-order valence-corrected chi connectivity index (χ4v) is 1.84. The molecule has 0 saturated carbocycles. The zero-order valence-electron chi connectivity index (χ0n) is 13.5. The first-order valence-corrected chi connectivity index (χ1v) is 8.06. The molecule has 0 saturated heterocycles. The fraction of sp³-hybridized carbons (Fsp3) is 0.867. The molecule has 0 aromatic heterocycles. The molecule has 0 aliphatic rings. The van der Waals surface area contributed by atoms with Crippen molar-refractivity contribution in [3.05, 3.63) is 0 Å². The van der Waals surface area contributed by atoms with Crippen molar-refractivity contribution >= 4 is 23.7 Å². The standard InChI is InChI=1S/C15H28ClNO4/c1-11(2)6-5-8-20-14(18)13(10-12(3)4)17-15(19)21-9-7-16/h11-13H,5-10H2,1-4H3,(H,17,19). The first kappa shape index (κ1) is 20.0. The average molecular weight is 322 g/mol. The van der Waals surface area contributed by atoms with Gasteiger partial charge >= 0.3 is 12.1 Å². The van der Waals surface area contributed by atoms with E-state index in [1.165, 1.54) is 0 Å². The van der Waals surface area contributed by atoms with E-state index >= 15 is 0 Å². The Morgan fingerprint density at radius 1 is 1.05 bits per heavy atom. The van der Waals surface area contributed by atoms with Gasteiger partial charge in [0.05, 0.1) is 12.5 Å². The van der Waals surface area contributed by atoms with Crippen LogP contribution in [0.4, 0.5) is 4.79 Å². The Labute approximate surface area is 132 Å². The van der Waals surface area contributed by atoms with Crippen LogP contribution in [0.25, 0.3) is 0 Å². The lowest BCUT2D eigenvalue weighted by atomic mass is 10.0. The maximum atomic E-state index is 12.0. The van der Waals surface area contributed by atoms with Crippen molar-refractivity contribution in [2.24, 2.45) is 11.8 Å². The second-order valence-electron chi connectivity index (χ2n) is 5.85. The number of rotatable bonds is 10. The van der Waals surface area contributed by atoms with Crippen molar-refractivity contribution in [1.29, 1.82) is 0 Å². The molecule has 0 aromatic carbocycles. The highest BCUT2D eigenvalue weighted by Gasteiger charge is 2.23. The third kappa shape index (κ3) is 11.4. The lowest BCUT2D eigenvalue weighted by Crippen LogP contribution is -2.43. The van der Waals surface area contributed by atoms with Gasteiger partial charge in [-0.05, 0) is 31.1 Å². The molecule has 0 heterocycles. The quantitative estimate of drug-likeness (QED) is 0.381. The maximum Gasteiger partial charge on any atom is 0.407 e. The van der Waals surface area contributed by atoms with Crippen LogP contribution in [-0.4, -0.2) is 37.2 Å². The molecule has 0 radical (unpaired) electrons. The first-order chi connectivity index (χ1) is 9.86. The summed E-state index contributed by atoms with van der Waals surface area (Å²) in [4.78, 5) is 23.5. The third-order valence-corrected chi connectivity index (χ3v) is 2.92. The zero-order chi connectivity index (χ0) is 16.3. The van der Waals surface area contributed by atoms with Gasteiger partial charge in [-0.15, -0.1) is 11.6 Å². The number of ether oxygens (including phenoxy) is 2. The molecule has 1 unspecified atom stereocenters. The van der Waals surface area contributed by atoms with E-state index in [0.717, 1.165) is 12.8 Å². The van der Waals surface area contributed by atoms with Crippen molar-refractivity contribution < 1.29 is 19.1 Å². The maximum absolute atomic E-state index is 12.0. The minimum atomic E-state index is -0.674. The molecule has 0 rings (SSSR count). The van der Waals surface area contributed by atoms with Crippen LogP contribution in [0.2, 0.25) is 0 Å². The number of alkyl halides is 1. The number of nitrogens with one attached hydrogen (secondary N) is 1. The number of esters is 1. The molecule has 0 aromatic rings. The molecule has 0 fully saturated rings. The van der Waals surface area contributed by atoms with Crippen LogP contribution in [0.15, 0.2) is 0 Å². The Morgan fingerprint density at radius 2 is 1.71 bits per heavy atom. The van der Waals surface area contributed by atoms with E-state index in [2.05, 4.69) is 19.2 Å². The highest BCUT2D eigenvalue weighted by Crippen LogP contribution is 2.08. The zero-order valence-corrected chi connectivity index (χ0v) is 14.2. The summed E-state index contributed by atoms with van der Waals surface area (Å²) < 4.78 is 10.0. The summed E-state index contributed by atoms with van der Waals surface area (Å²) in [6.45, 7) is 8.69. The number of carbonyl (C=O) groups excluding carboxylic acids is 2. The van der Waals surface area contributed by atoms with E-state index in [9.17, 15) is 9.59 Å². The van der Waals surface area contributed by atoms with Crippen LogP contribution in [0.1, 0.15) is 47.0 Å². The van der Waals surface area contributed by atoms with Crippen molar-refractivity contribution in [3.8, 4) is 0 Å². The number of amides is 1. The van der Waals surface area contributed by atoms with Gasteiger partial charge in [0.15, 0.2) is 0 Å². The molecule has 5 nitrogen and oxygen atoms in total. The summed E-state index contributed by atoms with van der Waals surface area (Å²) in [6.07, 6.45) is 1.71. The topological polar surface area (TPSA) is 64.6 Å². The Balaban J connectivity index is 4.25. The van der Waals surface area contributed by atoms with Gasteiger partial charge in [-0.3, -0.25) is 0 Å². The number of alkyl carbamates (subject to hydrolysis) is 1. The molecule has 1 atom stereocenters. The van der Waals surface area contributed by atoms with E-state index in [1.54, 1.807) is 0 Å². The van der Waals surface area contributed by atoms with Crippen LogP contribution in [0, 0.1) is 11.8 Å². The lowest BCUT2D eigenvalue weighted by Gasteiger charge is -2.19. The Morgan fingerprint density at radius 3 is 2.24 bits per heavy atom. The monoisotopic (exact) mass is 321 g/mol. The van der Waals surface area contributed by atoms with Crippen LogP contribution < -0.4 is 5.32 Å². The molecule has 21 heavy (non-hydrogen) atoms. The lowest BCUT2D eigenvalue weighted by molar-refractivity contribution is -0.146. The summed E-state index contributed by atoms with van der Waals surface area (Å²) >= 11 is 5.44. The summed E-state index contributed by atoms with van der Waals surface area (Å²) in [6, 6.07) is -0.674. The molecule has 1 amide bonds. The molecular weight excluding hydrogens is 294 g/mol. The van der Waals surface area contributed by atoms with Gasteiger partial charge < -0.3 is 14.8 Å². The summed E-state index contributed by atoms with van der Waals surface area (Å²) in [5.74, 6) is 0.655. The van der Waals surface area contributed by atoms with Crippen molar-refractivity contribution in [1.82, 2.24) is 5.32 Å². The van der Waals surface area contributed by atoms with E-state index < -0.39 is 18.1 Å². The Bertz CT molecular complexity index is 308. The summed E-state index contributed by atoms with van der Waals surface area (Å²) in [7, 11) is 0. The van der Waals surface area contributed by atoms with Gasteiger partial charge in [-0.25, -0.2) is 9.59 Å². The minimum absolute atomic E-state index is 0.116. The number of carbonyl (C=O) groups is 2. The first-order valence-electron chi connectivity index (χ1n) is 7.52. The molecular formula is C15H28ClNO4. The smallest absolute Gasteiger partial charge is 0.407 e. The van der Waals surface area contributed by atoms with Gasteiger partial charge in [0.25, 0.3) is 0 Å². The molecule has 0 aliphatic heterocycles. The average Bonchev–Trinajstić information content (AvgIpc) is 2.39. The predicted octanol–water partition coefficient (Wildman–Crippen LogP) is 3.35. The van der Waals surface area contributed by atoms with Crippen LogP contribution in [-0.2, 0) is 14.3 Å². The van der Waals surface area contributed by atoms with Crippen molar-refractivity contribution in [3.63, 3.8) is 0 Å². The SMILES string of the molecule is CC(C)CCCOC(=O)C(CC(C)C)NC(=O)OCCCl. The third-order valence-electron chi connectivity index (χ3n) is 2.76. The molecule has 124 valence electrons. The van der Waals surface area contributed by atoms with Crippen LogP contribution in [0.5, 0.6) is 0 Å². The normalized spacial score (nSPS) is 12.3.